The summed E-state index contributed by atoms with van der Waals surface area (Å²) in [6, 6.07) is 10.1. The maximum atomic E-state index is 6.52. The number of nitrogens with two attached hydrogens (primary N) is 1. The summed E-state index contributed by atoms with van der Waals surface area (Å²) < 4.78 is 13.5. The second-order valence-corrected chi connectivity index (χ2v) is 8.79. The number of hydrogen-bond acceptors (Lipinski definition) is 7. The van der Waals surface area contributed by atoms with E-state index in [-0.39, 0.29) is 0 Å². The zero-order valence-electron chi connectivity index (χ0n) is 20.4. The quantitative estimate of drug-likeness (QED) is 0.543. The number of nitrogens with zero attached hydrogens (tertiary/aromatic N) is 5. The molecule has 3 aromatic rings. The van der Waals surface area contributed by atoms with Gasteiger partial charge in [0.1, 0.15) is 11.3 Å². The molecule has 0 atom stereocenters. The first-order valence-corrected chi connectivity index (χ1v) is 12.2. The molecule has 2 aliphatic rings. The highest BCUT2D eigenvalue weighted by atomic mass is 16.5. The predicted molar refractivity (Wildman–Crippen MR) is 141 cm³/mol. The predicted octanol–water partition coefficient (Wildman–Crippen LogP) is 4.10. The van der Waals surface area contributed by atoms with Crippen molar-refractivity contribution < 1.29 is 9.47 Å². The lowest BCUT2D eigenvalue weighted by atomic mass is 10.2. The summed E-state index contributed by atoms with van der Waals surface area (Å²) in [6.07, 6.45) is 6.66. The minimum atomic E-state index is 0.559. The van der Waals surface area contributed by atoms with Crippen molar-refractivity contribution in [1.82, 2.24) is 14.5 Å². The summed E-state index contributed by atoms with van der Waals surface area (Å²) >= 11 is 0. The van der Waals surface area contributed by atoms with Crippen molar-refractivity contribution in [3.8, 4) is 0 Å². The van der Waals surface area contributed by atoms with E-state index in [9.17, 15) is 0 Å². The summed E-state index contributed by atoms with van der Waals surface area (Å²) in [5, 5.41) is 0. The van der Waals surface area contributed by atoms with Gasteiger partial charge in [0.05, 0.1) is 49.2 Å². The standard InChI is InChI=1S/C27H32N6O2/c1-3-33-26(20-7-5-13-35-18-20)31-25-24(32-11-14-34-15-12-32)17-23(30-27(25)33)22(28)9-10-29-21-8-4-6-19(2)16-21/h4,6-10,16-17H,3,5,11-15,18,28H2,1-2H3/b22-9-,29-10?. The molecule has 5 rings (SSSR count). The topological polar surface area (TPSA) is 90.8 Å². The molecule has 0 amide bonds. The Morgan fingerprint density at radius 2 is 2.00 bits per heavy atom. The molecule has 0 saturated carbocycles. The number of fused-ring (bicyclic) bond motifs is 1. The third kappa shape index (κ3) is 4.99. The second kappa shape index (κ2) is 10.4. The smallest absolute Gasteiger partial charge is 0.163 e. The molecule has 1 fully saturated rings. The molecule has 8 nitrogen and oxygen atoms in total. The fourth-order valence-corrected chi connectivity index (χ4v) is 4.52. The van der Waals surface area contributed by atoms with Gasteiger partial charge in [-0.2, -0.15) is 0 Å². The average molecular weight is 473 g/mol. The minimum Gasteiger partial charge on any atom is -0.397 e. The molecule has 1 saturated heterocycles. The monoisotopic (exact) mass is 472 g/mol. The van der Waals surface area contributed by atoms with E-state index >= 15 is 0 Å². The Morgan fingerprint density at radius 1 is 1.14 bits per heavy atom. The Morgan fingerprint density at radius 3 is 2.74 bits per heavy atom. The zero-order chi connectivity index (χ0) is 24.2. The van der Waals surface area contributed by atoms with Crippen LogP contribution in [0.1, 0.15) is 30.4 Å². The molecule has 0 unspecified atom stereocenters. The number of anilines is 1. The van der Waals surface area contributed by atoms with E-state index in [4.69, 9.17) is 25.2 Å². The van der Waals surface area contributed by atoms with E-state index in [0.29, 0.717) is 31.2 Å². The molecule has 182 valence electrons. The lowest BCUT2D eigenvalue weighted by Crippen LogP contribution is -2.36. The van der Waals surface area contributed by atoms with Crippen LogP contribution in [0.5, 0.6) is 0 Å². The summed E-state index contributed by atoms with van der Waals surface area (Å²) in [5.74, 6) is 0.921. The Balaban J connectivity index is 1.58. The van der Waals surface area contributed by atoms with Gasteiger partial charge in [0.25, 0.3) is 0 Å². The molecular weight excluding hydrogens is 440 g/mol. The number of aliphatic imine (C=N–C) groups is 1. The molecule has 0 radical (unpaired) electrons. The molecule has 2 aliphatic heterocycles. The van der Waals surface area contributed by atoms with Gasteiger partial charge in [-0.1, -0.05) is 18.2 Å². The van der Waals surface area contributed by atoms with Crippen molar-refractivity contribution >= 4 is 40.0 Å². The van der Waals surface area contributed by atoms with Crippen molar-refractivity contribution in [1.29, 1.82) is 0 Å². The highest BCUT2D eigenvalue weighted by Crippen LogP contribution is 2.32. The molecule has 0 aliphatic carbocycles. The fourth-order valence-electron chi connectivity index (χ4n) is 4.52. The highest BCUT2D eigenvalue weighted by Gasteiger charge is 2.23. The van der Waals surface area contributed by atoms with Crippen molar-refractivity contribution in [3.05, 3.63) is 59.6 Å². The second-order valence-electron chi connectivity index (χ2n) is 8.79. The van der Waals surface area contributed by atoms with Gasteiger partial charge in [-0.15, -0.1) is 0 Å². The Hall–Kier alpha value is -3.49. The van der Waals surface area contributed by atoms with Gasteiger partial charge in [0.15, 0.2) is 5.65 Å². The van der Waals surface area contributed by atoms with Crippen LogP contribution in [0.25, 0.3) is 22.4 Å². The van der Waals surface area contributed by atoms with E-state index in [1.807, 2.05) is 30.3 Å². The van der Waals surface area contributed by atoms with Gasteiger partial charge in [0, 0.05) is 31.4 Å². The number of ether oxygens (including phenoxy) is 2. The Bertz CT molecular complexity index is 1300. The third-order valence-electron chi connectivity index (χ3n) is 6.32. The van der Waals surface area contributed by atoms with Crippen LogP contribution in [0.2, 0.25) is 0 Å². The number of aromatic nitrogens is 3. The van der Waals surface area contributed by atoms with Gasteiger partial charge in [-0.05, 0) is 50.1 Å². The summed E-state index contributed by atoms with van der Waals surface area (Å²) in [4.78, 5) is 16.9. The van der Waals surface area contributed by atoms with Crippen LogP contribution in [0.3, 0.4) is 0 Å². The first kappa shape index (κ1) is 23.3. The van der Waals surface area contributed by atoms with Gasteiger partial charge < -0.3 is 24.7 Å². The van der Waals surface area contributed by atoms with Crippen LogP contribution in [0.4, 0.5) is 11.4 Å². The molecule has 2 aromatic heterocycles. The number of benzene rings is 1. The largest absolute Gasteiger partial charge is 0.397 e. The van der Waals surface area contributed by atoms with E-state index in [1.54, 1.807) is 6.21 Å². The van der Waals surface area contributed by atoms with Gasteiger partial charge in [-0.25, -0.2) is 9.97 Å². The van der Waals surface area contributed by atoms with Crippen LogP contribution < -0.4 is 10.6 Å². The number of rotatable bonds is 6. The highest BCUT2D eigenvalue weighted by molar-refractivity contribution is 5.92. The van der Waals surface area contributed by atoms with Crippen LogP contribution in [-0.4, -0.2) is 60.3 Å². The number of imidazole rings is 1. The summed E-state index contributed by atoms with van der Waals surface area (Å²) in [7, 11) is 0. The molecule has 4 heterocycles. The lowest BCUT2D eigenvalue weighted by Gasteiger charge is -2.29. The molecular formula is C27H32N6O2. The first-order chi connectivity index (χ1) is 17.1. The zero-order valence-corrected chi connectivity index (χ0v) is 20.4. The molecule has 35 heavy (non-hydrogen) atoms. The average Bonchev–Trinajstić information content (AvgIpc) is 3.28. The van der Waals surface area contributed by atoms with Gasteiger partial charge in [-0.3, -0.25) is 4.99 Å². The van der Waals surface area contributed by atoms with E-state index in [2.05, 4.69) is 40.4 Å². The molecule has 2 N–H and O–H groups in total. The van der Waals surface area contributed by atoms with Crippen molar-refractivity contribution in [2.75, 3.05) is 44.4 Å². The number of pyridine rings is 1. The molecule has 0 bridgehead atoms. The van der Waals surface area contributed by atoms with Crippen molar-refractivity contribution in [3.63, 3.8) is 0 Å². The number of aryl methyl sites for hydroxylation is 2. The molecule has 1 aromatic carbocycles. The first-order valence-electron chi connectivity index (χ1n) is 12.2. The van der Waals surface area contributed by atoms with Crippen molar-refractivity contribution in [2.24, 2.45) is 10.7 Å². The normalized spacial score (nSPS) is 17.4. The van der Waals surface area contributed by atoms with E-state index in [1.165, 1.54) is 5.56 Å². The fraction of sp³-hybridized carbons (Fsp3) is 0.370. The van der Waals surface area contributed by atoms with E-state index in [0.717, 1.165) is 66.6 Å². The maximum absolute atomic E-state index is 6.52. The maximum Gasteiger partial charge on any atom is 0.163 e. The third-order valence-corrected chi connectivity index (χ3v) is 6.32. The Kier molecular flexibility index (Phi) is 6.92. The van der Waals surface area contributed by atoms with Gasteiger partial charge in [0.2, 0.25) is 0 Å². The SMILES string of the molecule is CCn1c(C2=CCCOC2)nc2c(N3CCOCC3)cc(/C(N)=C/C=Nc3cccc(C)c3)nc21. The minimum absolute atomic E-state index is 0.559. The van der Waals surface area contributed by atoms with Crippen LogP contribution >= 0.6 is 0 Å². The van der Waals surface area contributed by atoms with E-state index < -0.39 is 0 Å². The molecule has 8 heteroatoms. The van der Waals surface area contributed by atoms with Crippen molar-refractivity contribution in [2.45, 2.75) is 26.8 Å². The lowest BCUT2D eigenvalue weighted by molar-refractivity contribution is 0.123. The van der Waals surface area contributed by atoms with Crippen LogP contribution in [-0.2, 0) is 16.0 Å². The Labute approximate surface area is 205 Å². The van der Waals surface area contributed by atoms with Crippen LogP contribution in [0.15, 0.2) is 47.5 Å². The number of hydrogen-bond donors (Lipinski definition) is 1. The molecule has 0 spiro atoms. The number of allylic oxidation sites excluding steroid dienone is 1. The van der Waals surface area contributed by atoms with Gasteiger partial charge >= 0.3 is 0 Å². The summed E-state index contributed by atoms with van der Waals surface area (Å²) in [5.41, 5.74) is 13.7. The van der Waals surface area contributed by atoms with Crippen LogP contribution in [0, 0.1) is 6.92 Å². The summed E-state index contributed by atoms with van der Waals surface area (Å²) in [6.45, 7) is 9.22. The number of morpholine rings is 1.